The second-order valence-electron chi connectivity index (χ2n) is 18.2. The van der Waals surface area contributed by atoms with Crippen LogP contribution in [0.2, 0.25) is 0 Å². The van der Waals surface area contributed by atoms with Crippen LogP contribution in [0.15, 0.2) is 97.1 Å². The molecule has 6 amide bonds. The largest absolute Gasteiger partial charge is 0.480 e. The number of carboxylic acid groups (broad SMARTS) is 1. The molecular formula is C53H60N6O15. The van der Waals surface area contributed by atoms with Crippen LogP contribution in [0.5, 0.6) is 0 Å². The first kappa shape index (κ1) is 54.8. The van der Waals surface area contributed by atoms with E-state index in [0.717, 1.165) is 49.4 Å². The molecule has 6 rings (SSSR count). The Morgan fingerprint density at radius 2 is 0.878 bits per heavy atom. The number of ether oxygens (including phenoxy) is 5. The molecule has 0 saturated carbocycles. The first-order chi connectivity index (χ1) is 35.5. The van der Waals surface area contributed by atoms with Crippen molar-refractivity contribution in [1.82, 2.24) is 31.1 Å². The summed E-state index contributed by atoms with van der Waals surface area (Å²) in [7, 11) is 0. The van der Waals surface area contributed by atoms with Crippen molar-refractivity contribution in [3.63, 3.8) is 0 Å². The molecule has 0 radical (unpaired) electrons. The summed E-state index contributed by atoms with van der Waals surface area (Å²) in [4.78, 5) is 115. The van der Waals surface area contributed by atoms with E-state index in [-0.39, 0.29) is 77.3 Å². The Balaban J connectivity index is 0.891. The van der Waals surface area contributed by atoms with Gasteiger partial charge in [0.25, 0.3) is 0 Å². The van der Waals surface area contributed by atoms with Gasteiger partial charge in [0.15, 0.2) is 0 Å². The average Bonchev–Trinajstić information content (AvgIpc) is 3.87. The number of benzene rings is 4. The topological polar surface area (TPSA) is 275 Å². The van der Waals surface area contributed by atoms with Gasteiger partial charge in [0.05, 0.1) is 26.3 Å². The average molecular weight is 1020 g/mol. The summed E-state index contributed by atoms with van der Waals surface area (Å²) in [6.45, 7) is 0.106. The van der Waals surface area contributed by atoms with Gasteiger partial charge in [0.1, 0.15) is 45.0 Å². The normalized spacial score (nSPS) is 12.1. The molecule has 4 aromatic rings. The molecule has 21 heteroatoms. The standard InChI is InChI=1S/C53H60N6O15/c1-53(2,3)74-52(69)59(29-47(63)64)28-46(62)58(30-48(65)70-24-12-22-54-44(60)26-56-50(67)72-32-42-38-18-8-4-14-34(38)35-15-5-9-19-39(35)42)31-49(66)71-25-13-23-55-45(61)27-57-51(68)73-33-43-40-20-10-6-16-36(40)37-17-7-11-21-41(37)43/h4-11,14-21,42-43H,12-13,22-33H2,1-3H3,(H,54,60)(H,55,61)(H,56,67)(H,57,68)(H,63,64). The number of esters is 2. The van der Waals surface area contributed by atoms with Crippen LogP contribution in [-0.4, -0.2) is 153 Å². The summed E-state index contributed by atoms with van der Waals surface area (Å²) < 4.78 is 26.6. The lowest BCUT2D eigenvalue weighted by atomic mass is 9.98. The highest BCUT2D eigenvalue weighted by molar-refractivity contribution is 5.90. The first-order valence-corrected chi connectivity index (χ1v) is 24.0. The number of nitrogens with zero attached hydrogens (tertiary/aromatic N) is 2. The lowest BCUT2D eigenvalue weighted by Gasteiger charge is -2.28. The third kappa shape index (κ3) is 16.0. The molecule has 74 heavy (non-hydrogen) atoms. The zero-order chi connectivity index (χ0) is 53.2. The minimum absolute atomic E-state index is 0.0308. The fraction of sp³-hybridized carbons (Fsp3) is 0.377. The third-order valence-electron chi connectivity index (χ3n) is 11.6. The molecule has 0 aliphatic heterocycles. The van der Waals surface area contributed by atoms with E-state index in [2.05, 4.69) is 21.3 Å². The molecular weight excluding hydrogens is 961 g/mol. The Morgan fingerprint density at radius 3 is 1.24 bits per heavy atom. The second kappa shape index (κ2) is 26.3. The molecule has 392 valence electrons. The van der Waals surface area contributed by atoms with Crippen LogP contribution in [0.25, 0.3) is 22.3 Å². The van der Waals surface area contributed by atoms with Crippen molar-refractivity contribution >= 4 is 53.9 Å². The van der Waals surface area contributed by atoms with E-state index >= 15 is 0 Å². The minimum atomic E-state index is -1.46. The number of carbonyl (C=O) groups is 9. The summed E-state index contributed by atoms with van der Waals surface area (Å²) in [6, 6.07) is 31.5. The van der Waals surface area contributed by atoms with Crippen molar-refractivity contribution in [3.8, 4) is 22.3 Å². The molecule has 0 unspecified atom stereocenters. The second-order valence-corrected chi connectivity index (χ2v) is 18.2. The quantitative estimate of drug-likeness (QED) is 0.0372. The fourth-order valence-corrected chi connectivity index (χ4v) is 8.27. The summed E-state index contributed by atoms with van der Waals surface area (Å²) in [5.74, 6) is -5.84. The lowest BCUT2D eigenvalue weighted by Crippen LogP contribution is -2.49. The monoisotopic (exact) mass is 1020 g/mol. The highest BCUT2D eigenvalue weighted by Crippen LogP contribution is 2.45. The molecule has 21 nitrogen and oxygen atoms in total. The number of rotatable bonds is 24. The van der Waals surface area contributed by atoms with E-state index in [1.54, 1.807) is 0 Å². The molecule has 0 bridgehead atoms. The molecule has 0 saturated heterocycles. The first-order valence-electron chi connectivity index (χ1n) is 24.0. The number of carbonyl (C=O) groups excluding carboxylic acids is 8. The molecule has 2 aliphatic rings. The zero-order valence-electron chi connectivity index (χ0n) is 41.3. The minimum Gasteiger partial charge on any atom is -0.480 e. The van der Waals surface area contributed by atoms with E-state index in [1.165, 1.54) is 20.8 Å². The van der Waals surface area contributed by atoms with Crippen LogP contribution in [0.1, 0.15) is 67.7 Å². The molecule has 0 aromatic heterocycles. The maximum Gasteiger partial charge on any atom is 0.411 e. The van der Waals surface area contributed by atoms with Gasteiger partial charge in [-0.05, 0) is 78.1 Å². The van der Waals surface area contributed by atoms with E-state index in [0.29, 0.717) is 4.90 Å². The van der Waals surface area contributed by atoms with Gasteiger partial charge in [0.2, 0.25) is 17.7 Å². The Bertz CT molecular complexity index is 2460. The van der Waals surface area contributed by atoms with Gasteiger partial charge < -0.3 is 55.0 Å². The van der Waals surface area contributed by atoms with E-state index < -0.39 is 85.7 Å². The third-order valence-corrected chi connectivity index (χ3v) is 11.6. The lowest BCUT2D eigenvalue weighted by molar-refractivity contribution is -0.155. The van der Waals surface area contributed by atoms with Gasteiger partial charge in [-0.15, -0.1) is 0 Å². The van der Waals surface area contributed by atoms with Crippen molar-refractivity contribution in [3.05, 3.63) is 119 Å². The Morgan fingerprint density at radius 1 is 0.500 bits per heavy atom. The van der Waals surface area contributed by atoms with Crippen molar-refractivity contribution in [1.29, 1.82) is 0 Å². The molecule has 5 N–H and O–H groups in total. The van der Waals surface area contributed by atoms with Gasteiger partial charge in [-0.2, -0.15) is 0 Å². The maximum absolute atomic E-state index is 13.5. The van der Waals surface area contributed by atoms with Crippen LogP contribution in [0.3, 0.4) is 0 Å². The summed E-state index contributed by atoms with van der Waals surface area (Å²) in [5.41, 5.74) is 7.39. The van der Waals surface area contributed by atoms with Gasteiger partial charge in [-0.1, -0.05) is 97.1 Å². The Labute approximate surface area is 427 Å². The highest BCUT2D eigenvalue weighted by Gasteiger charge is 2.32. The number of aliphatic carboxylic acids is 1. The number of amides is 6. The zero-order valence-corrected chi connectivity index (χ0v) is 41.3. The summed E-state index contributed by atoms with van der Waals surface area (Å²) in [5, 5.41) is 19.4. The predicted molar refractivity (Wildman–Crippen MR) is 265 cm³/mol. The highest BCUT2D eigenvalue weighted by atomic mass is 16.6. The number of nitrogens with one attached hydrogen (secondary N) is 4. The van der Waals surface area contributed by atoms with Crippen molar-refractivity contribution in [2.45, 2.75) is 51.0 Å². The molecule has 0 spiro atoms. The van der Waals surface area contributed by atoms with Crippen molar-refractivity contribution in [2.75, 3.05) is 78.8 Å². The number of hydrogen-bond donors (Lipinski definition) is 5. The maximum atomic E-state index is 13.5. The van der Waals surface area contributed by atoms with Gasteiger partial charge in [0, 0.05) is 24.9 Å². The Kier molecular flexibility index (Phi) is 19.5. The van der Waals surface area contributed by atoms with Gasteiger partial charge in [-0.3, -0.25) is 33.7 Å². The number of fused-ring (bicyclic) bond motifs is 6. The van der Waals surface area contributed by atoms with E-state index in [4.69, 9.17) is 23.7 Å². The van der Waals surface area contributed by atoms with Crippen LogP contribution in [0.4, 0.5) is 14.4 Å². The van der Waals surface area contributed by atoms with E-state index in [9.17, 15) is 48.3 Å². The van der Waals surface area contributed by atoms with E-state index in [1.807, 2.05) is 97.1 Å². The van der Waals surface area contributed by atoms with Crippen molar-refractivity contribution in [2.24, 2.45) is 0 Å². The van der Waals surface area contributed by atoms with Gasteiger partial charge >= 0.3 is 36.2 Å². The van der Waals surface area contributed by atoms with Crippen LogP contribution in [0, 0.1) is 0 Å². The Hall–Kier alpha value is -8.49. The van der Waals surface area contributed by atoms with Crippen LogP contribution < -0.4 is 21.3 Å². The summed E-state index contributed by atoms with van der Waals surface area (Å²) in [6.07, 6.45) is -2.46. The molecule has 0 heterocycles. The van der Waals surface area contributed by atoms with Crippen molar-refractivity contribution < 1.29 is 71.9 Å². The number of hydrogen-bond acceptors (Lipinski definition) is 14. The SMILES string of the molecule is CC(C)(C)OC(=O)N(CC(=O)O)CC(=O)N(CC(=O)OCCCNC(=O)CNC(=O)OCC1c2ccccc2-c2ccccc21)CC(=O)OCCCNC(=O)CNC(=O)OCC1c2ccccc2-c2ccccc21. The fourth-order valence-electron chi connectivity index (χ4n) is 8.27. The number of carboxylic acids is 1. The van der Waals surface area contributed by atoms with Crippen LogP contribution >= 0.6 is 0 Å². The molecule has 2 aliphatic carbocycles. The predicted octanol–water partition coefficient (Wildman–Crippen LogP) is 4.31. The number of alkyl carbamates (subject to hydrolysis) is 2. The summed E-state index contributed by atoms with van der Waals surface area (Å²) >= 11 is 0. The molecule has 0 atom stereocenters. The molecule has 4 aromatic carbocycles. The van der Waals surface area contributed by atoms with Gasteiger partial charge in [-0.25, -0.2) is 14.4 Å². The smallest absolute Gasteiger partial charge is 0.411 e. The molecule has 0 fully saturated rings. The van der Waals surface area contributed by atoms with Crippen LogP contribution in [-0.2, 0) is 52.5 Å².